The molecular formula is C13H14ClN3. The molecular weight excluding hydrogens is 234 g/mol. The molecule has 0 bridgehead atoms. The number of benzene rings is 1. The lowest BCUT2D eigenvalue weighted by Gasteiger charge is -2.19. The molecule has 3 nitrogen and oxygen atoms in total. The van der Waals surface area contributed by atoms with E-state index in [1.807, 2.05) is 43.3 Å². The number of hydrogen-bond donors (Lipinski definition) is 2. The summed E-state index contributed by atoms with van der Waals surface area (Å²) in [6, 6.07) is 11.4. The SMILES string of the molecule is Cc1ncccc1C(NN)c1ccccc1Cl. The van der Waals surface area contributed by atoms with Crippen LogP contribution >= 0.6 is 11.6 Å². The zero-order valence-corrected chi connectivity index (χ0v) is 10.3. The monoisotopic (exact) mass is 247 g/mol. The normalized spacial score (nSPS) is 12.4. The van der Waals surface area contributed by atoms with Gasteiger partial charge in [0.2, 0.25) is 0 Å². The highest BCUT2D eigenvalue weighted by Crippen LogP contribution is 2.28. The Balaban J connectivity index is 2.48. The average Bonchev–Trinajstić information content (AvgIpc) is 2.34. The largest absolute Gasteiger partial charge is 0.271 e. The number of nitrogens with one attached hydrogen (secondary N) is 1. The van der Waals surface area contributed by atoms with Crippen LogP contribution in [0.2, 0.25) is 5.02 Å². The number of hydrogen-bond acceptors (Lipinski definition) is 3. The molecule has 88 valence electrons. The zero-order chi connectivity index (χ0) is 12.3. The molecule has 2 aromatic rings. The van der Waals surface area contributed by atoms with E-state index in [0.29, 0.717) is 5.02 Å². The molecule has 0 aliphatic rings. The molecule has 1 aromatic carbocycles. The molecule has 0 aliphatic carbocycles. The van der Waals surface area contributed by atoms with Gasteiger partial charge in [0.1, 0.15) is 0 Å². The summed E-state index contributed by atoms with van der Waals surface area (Å²) in [7, 11) is 0. The molecule has 0 fully saturated rings. The first kappa shape index (κ1) is 12.0. The van der Waals surface area contributed by atoms with Gasteiger partial charge in [-0.3, -0.25) is 10.8 Å². The van der Waals surface area contributed by atoms with Crippen LogP contribution in [0.5, 0.6) is 0 Å². The minimum Gasteiger partial charge on any atom is -0.271 e. The number of aromatic nitrogens is 1. The number of pyridine rings is 1. The molecule has 3 N–H and O–H groups in total. The smallest absolute Gasteiger partial charge is 0.0742 e. The predicted octanol–water partition coefficient (Wildman–Crippen LogP) is 2.60. The minimum atomic E-state index is -0.141. The Labute approximate surface area is 106 Å². The Hall–Kier alpha value is -1.42. The molecule has 1 atom stereocenters. The molecule has 2 rings (SSSR count). The van der Waals surface area contributed by atoms with Crippen molar-refractivity contribution in [2.24, 2.45) is 5.84 Å². The second-order valence-electron chi connectivity index (χ2n) is 3.80. The van der Waals surface area contributed by atoms with Crippen LogP contribution in [0.1, 0.15) is 22.9 Å². The summed E-state index contributed by atoms with van der Waals surface area (Å²) in [5.74, 6) is 5.64. The second kappa shape index (κ2) is 5.27. The molecule has 1 unspecified atom stereocenters. The summed E-state index contributed by atoms with van der Waals surface area (Å²) in [6.45, 7) is 1.95. The van der Waals surface area contributed by atoms with Crippen molar-refractivity contribution in [1.29, 1.82) is 0 Å². The van der Waals surface area contributed by atoms with Crippen LogP contribution in [0.4, 0.5) is 0 Å². The van der Waals surface area contributed by atoms with Crippen LogP contribution in [0.3, 0.4) is 0 Å². The van der Waals surface area contributed by atoms with E-state index in [0.717, 1.165) is 16.8 Å². The zero-order valence-electron chi connectivity index (χ0n) is 9.52. The van der Waals surface area contributed by atoms with Gasteiger partial charge < -0.3 is 0 Å². The van der Waals surface area contributed by atoms with Crippen LogP contribution in [-0.4, -0.2) is 4.98 Å². The fourth-order valence-electron chi connectivity index (χ4n) is 1.86. The Morgan fingerprint density at radius 1 is 1.18 bits per heavy atom. The third kappa shape index (κ3) is 2.47. The van der Waals surface area contributed by atoms with Crippen molar-refractivity contribution in [3.63, 3.8) is 0 Å². The first-order chi connectivity index (χ1) is 8.24. The highest BCUT2D eigenvalue weighted by Gasteiger charge is 2.17. The van der Waals surface area contributed by atoms with E-state index in [1.165, 1.54) is 0 Å². The summed E-state index contributed by atoms with van der Waals surface area (Å²) < 4.78 is 0. The maximum atomic E-state index is 6.18. The molecule has 0 radical (unpaired) electrons. The van der Waals surface area contributed by atoms with Gasteiger partial charge in [-0.05, 0) is 30.2 Å². The number of nitrogens with zero attached hydrogens (tertiary/aromatic N) is 1. The fourth-order valence-corrected chi connectivity index (χ4v) is 2.10. The third-order valence-electron chi connectivity index (χ3n) is 2.74. The second-order valence-corrected chi connectivity index (χ2v) is 4.21. The molecule has 0 aliphatic heterocycles. The Bertz CT molecular complexity index is 468. The molecule has 0 saturated heterocycles. The fraction of sp³-hybridized carbons (Fsp3) is 0.154. The van der Waals surface area contributed by atoms with E-state index in [1.54, 1.807) is 6.20 Å². The van der Waals surface area contributed by atoms with E-state index < -0.39 is 0 Å². The quantitative estimate of drug-likeness (QED) is 0.648. The lowest BCUT2D eigenvalue weighted by molar-refractivity contribution is 0.630. The van der Waals surface area contributed by atoms with Crippen LogP contribution in [-0.2, 0) is 0 Å². The number of halogens is 1. The van der Waals surface area contributed by atoms with Gasteiger partial charge >= 0.3 is 0 Å². The van der Waals surface area contributed by atoms with E-state index >= 15 is 0 Å². The Morgan fingerprint density at radius 2 is 1.88 bits per heavy atom. The average molecular weight is 248 g/mol. The molecule has 4 heteroatoms. The first-order valence-electron chi connectivity index (χ1n) is 5.36. The van der Waals surface area contributed by atoms with Crippen molar-refractivity contribution < 1.29 is 0 Å². The molecule has 0 amide bonds. The van der Waals surface area contributed by atoms with E-state index in [4.69, 9.17) is 17.4 Å². The molecule has 17 heavy (non-hydrogen) atoms. The van der Waals surface area contributed by atoms with Crippen molar-refractivity contribution in [3.05, 3.63) is 64.4 Å². The Morgan fingerprint density at radius 3 is 2.53 bits per heavy atom. The standard InChI is InChI=1S/C13H14ClN3/c1-9-10(6-4-8-16-9)13(17-15)11-5-2-3-7-12(11)14/h2-8,13,17H,15H2,1H3. The highest BCUT2D eigenvalue weighted by molar-refractivity contribution is 6.31. The minimum absolute atomic E-state index is 0.141. The summed E-state index contributed by atoms with van der Waals surface area (Å²) in [4.78, 5) is 4.26. The van der Waals surface area contributed by atoms with E-state index in [-0.39, 0.29) is 6.04 Å². The van der Waals surface area contributed by atoms with Crippen LogP contribution < -0.4 is 11.3 Å². The van der Waals surface area contributed by atoms with E-state index in [9.17, 15) is 0 Å². The first-order valence-corrected chi connectivity index (χ1v) is 5.74. The summed E-state index contributed by atoms with van der Waals surface area (Å²) >= 11 is 6.18. The van der Waals surface area contributed by atoms with Crippen molar-refractivity contribution in [2.75, 3.05) is 0 Å². The predicted molar refractivity (Wildman–Crippen MR) is 69.6 cm³/mol. The summed E-state index contributed by atoms with van der Waals surface area (Å²) in [6.07, 6.45) is 1.76. The Kier molecular flexibility index (Phi) is 3.74. The molecule has 1 aromatic heterocycles. The van der Waals surface area contributed by atoms with Crippen LogP contribution in [0.25, 0.3) is 0 Å². The number of aryl methyl sites for hydroxylation is 1. The summed E-state index contributed by atoms with van der Waals surface area (Å²) in [5, 5.41) is 0.693. The van der Waals surface area contributed by atoms with Gasteiger partial charge in [0.15, 0.2) is 0 Å². The van der Waals surface area contributed by atoms with Crippen LogP contribution in [0.15, 0.2) is 42.6 Å². The van der Waals surface area contributed by atoms with Crippen LogP contribution in [0, 0.1) is 6.92 Å². The lowest BCUT2D eigenvalue weighted by Crippen LogP contribution is -2.29. The van der Waals surface area contributed by atoms with Gasteiger partial charge in [-0.1, -0.05) is 35.9 Å². The van der Waals surface area contributed by atoms with Gasteiger partial charge in [0.25, 0.3) is 0 Å². The maximum absolute atomic E-state index is 6.18. The van der Waals surface area contributed by atoms with Gasteiger partial charge in [0, 0.05) is 16.9 Å². The topological polar surface area (TPSA) is 50.9 Å². The molecule has 0 spiro atoms. The highest BCUT2D eigenvalue weighted by atomic mass is 35.5. The molecule has 0 saturated carbocycles. The van der Waals surface area contributed by atoms with Crippen molar-refractivity contribution in [2.45, 2.75) is 13.0 Å². The van der Waals surface area contributed by atoms with Crippen molar-refractivity contribution in [3.8, 4) is 0 Å². The van der Waals surface area contributed by atoms with Gasteiger partial charge in [-0.25, -0.2) is 5.43 Å². The van der Waals surface area contributed by atoms with E-state index in [2.05, 4.69) is 10.4 Å². The van der Waals surface area contributed by atoms with Crippen molar-refractivity contribution >= 4 is 11.6 Å². The number of nitrogens with two attached hydrogens (primary N) is 1. The third-order valence-corrected chi connectivity index (χ3v) is 3.09. The number of rotatable bonds is 3. The number of hydrazine groups is 1. The maximum Gasteiger partial charge on any atom is 0.0742 e. The van der Waals surface area contributed by atoms with Gasteiger partial charge in [0.05, 0.1) is 6.04 Å². The van der Waals surface area contributed by atoms with Gasteiger partial charge in [-0.15, -0.1) is 0 Å². The van der Waals surface area contributed by atoms with Crippen molar-refractivity contribution in [1.82, 2.24) is 10.4 Å². The lowest BCUT2D eigenvalue weighted by atomic mass is 9.98. The summed E-state index contributed by atoms with van der Waals surface area (Å²) in [5.41, 5.74) is 5.71. The molecule has 1 heterocycles. The van der Waals surface area contributed by atoms with Gasteiger partial charge in [-0.2, -0.15) is 0 Å².